The van der Waals surface area contributed by atoms with Crippen LogP contribution in [0.15, 0.2) is 33.5 Å². The van der Waals surface area contributed by atoms with Crippen LogP contribution in [0.5, 0.6) is 0 Å². The van der Waals surface area contributed by atoms with E-state index in [4.69, 9.17) is 14.6 Å². The van der Waals surface area contributed by atoms with Gasteiger partial charge in [0, 0.05) is 36.6 Å². The molecule has 0 saturated heterocycles. The van der Waals surface area contributed by atoms with Gasteiger partial charge in [-0.25, -0.2) is 4.79 Å². The fraction of sp³-hybridized carbons (Fsp3) is 0.433. The minimum absolute atomic E-state index is 0.0344. The highest BCUT2D eigenvalue weighted by atomic mass is 31.2. The maximum atomic E-state index is 13.4. The van der Waals surface area contributed by atoms with Crippen LogP contribution in [0.4, 0.5) is 5.69 Å². The quantitative estimate of drug-likeness (QED) is 0.0597. The first kappa shape index (κ1) is 42.5. The number of nitrogens with one attached hydrogen (secondary N) is 5. The van der Waals surface area contributed by atoms with E-state index in [1.54, 1.807) is 0 Å². The predicted octanol–water partition coefficient (Wildman–Crippen LogP) is -1.16. The zero-order valence-electron chi connectivity index (χ0n) is 27.9. The van der Waals surface area contributed by atoms with Crippen LogP contribution in [-0.2, 0) is 49.1 Å². The zero-order chi connectivity index (χ0) is 39.5. The monoisotopic (exact) mass is 755 g/mol. The van der Waals surface area contributed by atoms with E-state index >= 15 is 0 Å². The molecule has 4 atom stereocenters. The molecule has 10 N–H and O–H groups in total. The normalized spacial score (nSPS) is 13.6. The van der Waals surface area contributed by atoms with Crippen molar-refractivity contribution in [3.8, 4) is 0 Å². The van der Waals surface area contributed by atoms with Gasteiger partial charge in [-0.05, 0) is 30.0 Å². The molecule has 1 aromatic carbocycles. The van der Waals surface area contributed by atoms with Crippen LogP contribution in [-0.4, -0.2) is 96.7 Å². The summed E-state index contributed by atoms with van der Waals surface area (Å²) >= 11 is 0. The largest absolute Gasteiger partial charge is 0.481 e. The number of carbonyl (C=O) groups is 8. The highest BCUT2D eigenvalue weighted by Crippen LogP contribution is 2.40. The molecule has 21 nitrogen and oxygen atoms in total. The van der Waals surface area contributed by atoms with Gasteiger partial charge in [0.2, 0.25) is 29.5 Å². The Morgan fingerprint density at radius 1 is 0.750 bits per heavy atom. The van der Waals surface area contributed by atoms with E-state index in [2.05, 4.69) is 26.6 Å². The minimum Gasteiger partial charge on any atom is -0.481 e. The summed E-state index contributed by atoms with van der Waals surface area (Å²) in [5.41, 5.74) is -1.22. The topological polar surface area (TPSA) is 345 Å². The van der Waals surface area contributed by atoms with Crippen LogP contribution in [0, 0.1) is 5.92 Å². The maximum absolute atomic E-state index is 13.4. The molecule has 0 unspecified atom stereocenters. The number of carboxylic acid groups (broad SMARTS) is 3. The molecule has 0 bridgehead atoms. The van der Waals surface area contributed by atoms with Crippen LogP contribution in [0.1, 0.15) is 52.0 Å². The molecular formula is C30H38N5O16P. The van der Waals surface area contributed by atoms with Gasteiger partial charge < -0.3 is 56.1 Å². The van der Waals surface area contributed by atoms with E-state index in [0.717, 1.165) is 19.1 Å². The zero-order valence-corrected chi connectivity index (χ0v) is 28.8. The van der Waals surface area contributed by atoms with Crippen molar-refractivity contribution in [2.75, 3.05) is 5.32 Å². The minimum atomic E-state index is -4.59. The highest BCUT2D eigenvalue weighted by Gasteiger charge is 2.34. The first-order valence-electron chi connectivity index (χ1n) is 15.3. The Hall–Kier alpha value is -5.66. The van der Waals surface area contributed by atoms with E-state index in [0.29, 0.717) is 0 Å². The second-order valence-electron chi connectivity index (χ2n) is 11.8. The van der Waals surface area contributed by atoms with Crippen molar-refractivity contribution in [3.63, 3.8) is 0 Å². The Morgan fingerprint density at radius 3 is 1.83 bits per heavy atom. The number of hydrogen-bond acceptors (Lipinski definition) is 11. The Labute approximate surface area is 293 Å². The molecule has 2 aromatic rings. The Morgan fingerprint density at radius 2 is 1.31 bits per heavy atom. The molecule has 0 aliphatic carbocycles. The van der Waals surface area contributed by atoms with Gasteiger partial charge in [-0.15, -0.1) is 0 Å². The van der Waals surface area contributed by atoms with Crippen LogP contribution >= 0.6 is 7.60 Å². The highest BCUT2D eigenvalue weighted by molar-refractivity contribution is 7.50. The lowest BCUT2D eigenvalue weighted by molar-refractivity contribution is -0.142. The number of carboxylic acids is 3. The number of carbonyl (C=O) groups excluding carboxylic acids is 5. The smallest absolute Gasteiger partial charge is 0.336 e. The van der Waals surface area contributed by atoms with Gasteiger partial charge >= 0.3 is 31.1 Å². The van der Waals surface area contributed by atoms with E-state index in [9.17, 15) is 62.6 Å². The van der Waals surface area contributed by atoms with Crippen LogP contribution in [0.2, 0.25) is 0 Å². The molecule has 52 heavy (non-hydrogen) atoms. The summed E-state index contributed by atoms with van der Waals surface area (Å²) in [6.07, 6.45) is -3.82. The Kier molecular flexibility index (Phi) is 15.2. The third-order valence-corrected chi connectivity index (χ3v) is 7.84. The Balaban J connectivity index is 2.31. The summed E-state index contributed by atoms with van der Waals surface area (Å²) in [6, 6.07) is -2.01. The first-order chi connectivity index (χ1) is 24.1. The molecule has 0 aliphatic heterocycles. The van der Waals surface area contributed by atoms with Crippen molar-refractivity contribution in [2.45, 2.75) is 76.8 Å². The van der Waals surface area contributed by atoms with Crippen molar-refractivity contribution in [2.24, 2.45) is 5.92 Å². The number of benzene rings is 1. The molecule has 0 radical (unpaired) electrons. The van der Waals surface area contributed by atoms with Gasteiger partial charge in [-0.3, -0.25) is 42.9 Å². The number of aliphatic carboxylic acids is 3. The van der Waals surface area contributed by atoms with Gasteiger partial charge in [-0.2, -0.15) is 0 Å². The van der Waals surface area contributed by atoms with E-state index in [1.165, 1.54) is 26.0 Å². The van der Waals surface area contributed by atoms with Crippen molar-refractivity contribution in [1.29, 1.82) is 0 Å². The number of amides is 5. The van der Waals surface area contributed by atoms with Crippen molar-refractivity contribution in [1.82, 2.24) is 21.3 Å². The molecule has 0 saturated carbocycles. The third kappa shape index (κ3) is 13.9. The predicted molar refractivity (Wildman–Crippen MR) is 176 cm³/mol. The van der Waals surface area contributed by atoms with Gasteiger partial charge in [0.05, 0.1) is 19.0 Å². The number of rotatable bonds is 19. The lowest BCUT2D eigenvalue weighted by Crippen LogP contribution is -2.59. The summed E-state index contributed by atoms with van der Waals surface area (Å²) in [4.78, 5) is 129. The first-order valence-corrected chi connectivity index (χ1v) is 17.1. The molecule has 22 heteroatoms. The molecule has 0 spiro atoms. The Bertz CT molecular complexity index is 1820. The molecule has 284 valence electrons. The number of hydrogen-bond donors (Lipinski definition) is 10. The molecule has 0 fully saturated rings. The van der Waals surface area contributed by atoms with Crippen molar-refractivity contribution < 1.29 is 72.4 Å². The second kappa shape index (κ2) is 18.5. The van der Waals surface area contributed by atoms with Gasteiger partial charge in [0.25, 0.3) is 0 Å². The molecule has 5 amide bonds. The SMILES string of the molecule is CC(=O)N[C@@H](CC(=O)O)C(=O)N[C@@H](CCC(=O)O)C(=O)N[C@H](C(=O)N[C@@H](CC(=O)O)C(=O)Nc1ccc2c(CP(=O)(O)O)cc(=O)oc2c1)C(C)C. The van der Waals surface area contributed by atoms with Crippen LogP contribution < -0.4 is 32.2 Å². The average Bonchev–Trinajstić information content (AvgIpc) is 2.98. The number of anilines is 1. The van der Waals surface area contributed by atoms with E-state index in [1.807, 2.05) is 0 Å². The van der Waals surface area contributed by atoms with E-state index in [-0.39, 0.29) is 22.2 Å². The van der Waals surface area contributed by atoms with Crippen molar-refractivity contribution >= 4 is 71.7 Å². The van der Waals surface area contributed by atoms with Crippen LogP contribution in [0.3, 0.4) is 0 Å². The van der Waals surface area contributed by atoms with Gasteiger partial charge in [0.1, 0.15) is 29.8 Å². The summed E-state index contributed by atoms with van der Waals surface area (Å²) in [5, 5.41) is 39.0. The summed E-state index contributed by atoms with van der Waals surface area (Å²) in [5.74, 6) is -10.3. The van der Waals surface area contributed by atoms with E-state index < -0.39 is 123 Å². The van der Waals surface area contributed by atoms with Crippen molar-refractivity contribution in [3.05, 3.63) is 40.2 Å². The number of fused-ring (bicyclic) bond motifs is 1. The second-order valence-corrected chi connectivity index (χ2v) is 13.5. The lowest BCUT2D eigenvalue weighted by atomic mass is 10.0. The summed E-state index contributed by atoms with van der Waals surface area (Å²) in [7, 11) is -4.59. The molecular weight excluding hydrogens is 717 g/mol. The maximum Gasteiger partial charge on any atom is 0.336 e. The molecule has 1 aromatic heterocycles. The average molecular weight is 756 g/mol. The summed E-state index contributed by atoms with van der Waals surface area (Å²) in [6.45, 7) is 3.94. The fourth-order valence-corrected chi connectivity index (χ4v) is 5.47. The summed E-state index contributed by atoms with van der Waals surface area (Å²) < 4.78 is 16.6. The van der Waals surface area contributed by atoms with Gasteiger partial charge in [0.15, 0.2) is 0 Å². The van der Waals surface area contributed by atoms with Crippen LogP contribution in [0.25, 0.3) is 11.0 Å². The third-order valence-electron chi connectivity index (χ3n) is 7.09. The van der Waals surface area contributed by atoms with Gasteiger partial charge in [-0.1, -0.05) is 13.8 Å². The molecule has 0 aliphatic rings. The fourth-order valence-electron chi connectivity index (χ4n) is 4.76. The lowest BCUT2D eigenvalue weighted by Gasteiger charge is -2.27. The standard InChI is InChI=1S/C30H38N5O16P/c1-13(2)26(35-27(44)18(6-7-22(37)38)33-29(46)19(10-23(39)40)31-14(3)36)30(47)34-20(11-24(41)42)28(45)32-16-4-5-17-15(12-52(48,49)50)8-25(43)51-21(17)9-16/h4-5,8-9,13,18-20,26H,6-7,10-12H2,1-3H3,(H,31,36)(H,32,45)(H,33,46)(H,34,47)(H,35,44)(H,37,38)(H,39,40)(H,41,42)(H2,48,49,50)/t18-,19-,20-,26-/m0/s1. The molecule has 1 heterocycles. The molecule has 2 rings (SSSR count).